The van der Waals surface area contributed by atoms with Crippen LogP contribution in [0.1, 0.15) is 85.0 Å². The van der Waals surface area contributed by atoms with Crippen molar-refractivity contribution in [2.24, 2.45) is 39.9 Å². The Morgan fingerprint density at radius 3 is 2.69 bits per heavy atom. The fourth-order valence-electron chi connectivity index (χ4n) is 9.55. The maximum absolute atomic E-state index is 13.0. The highest BCUT2D eigenvalue weighted by Crippen LogP contribution is 2.82. The maximum Gasteiger partial charge on any atom is 0.155 e. The molecule has 4 fully saturated rings. The van der Waals surface area contributed by atoms with Gasteiger partial charge in [-0.05, 0) is 98.9 Å². The molecule has 7 atom stereocenters. The fourth-order valence-corrected chi connectivity index (χ4v) is 9.55. The third kappa shape index (κ3) is 1.71. The molecule has 26 heavy (non-hydrogen) atoms. The summed E-state index contributed by atoms with van der Waals surface area (Å²) in [6.07, 6.45) is 13.7. The van der Waals surface area contributed by atoms with E-state index in [1.165, 1.54) is 37.7 Å². The third-order valence-corrected chi connectivity index (χ3v) is 10.5. The Bertz CT molecular complexity index is 705. The SMILES string of the molecule is CC[C@@H]1CC23CC[C@@]1(C(C)=O)[C@@]2(C)CC[C@H]1[C@H]3CCC2=CC(=O)CC[C@@H]21. The van der Waals surface area contributed by atoms with Crippen LogP contribution >= 0.6 is 0 Å². The molecule has 5 rings (SSSR count). The molecule has 2 nitrogen and oxygen atoms in total. The first-order valence-electron chi connectivity index (χ1n) is 11.1. The predicted octanol–water partition coefficient (Wildman–Crippen LogP) is 5.50. The van der Waals surface area contributed by atoms with Crippen LogP contribution < -0.4 is 0 Å². The van der Waals surface area contributed by atoms with E-state index in [1.54, 1.807) is 0 Å². The maximum atomic E-state index is 13.0. The molecule has 0 aliphatic heterocycles. The number of fused-ring (bicyclic) bond motifs is 3. The van der Waals surface area contributed by atoms with Crippen molar-refractivity contribution in [3.05, 3.63) is 11.6 Å². The molecular formula is C24H34O2. The number of carbonyl (C=O) groups excluding carboxylic acids is 2. The number of hydrogen-bond acceptors (Lipinski definition) is 2. The molecular weight excluding hydrogens is 320 g/mol. The first kappa shape index (κ1) is 17.2. The molecule has 4 saturated carbocycles. The molecule has 142 valence electrons. The predicted molar refractivity (Wildman–Crippen MR) is 103 cm³/mol. The van der Waals surface area contributed by atoms with E-state index in [1.807, 2.05) is 13.0 Å². The van der Waals surface area contributed by atoms with Crippen LogP contribution in [-0.4, -0.2) is 11.6 Å². The average Bonchev–Trinajstić information content (AvgIpc) is 3.03. The molecule has 5 aliphatic carbocycles. The van der Waals surface area contributed by atoms with Crippen molar-refractivity contribution in [1.29, 1.82) is 0 Å². The van der Waals surface area contributed by atoms with E-state index in [9.17, 15) is 9.59 Å². The van der Waals surface area contributed by atoms with Crippen LogP contribution in [0, 0.1) is 39.9 Å². The van der Waals surface area contributed by atoms with Gasteiger partial charge in [0.05, 0.1) is 0 Å². The van der Waals surface area contributed by atoms with Gasteiger partial charge in [0.25, 0.3) is 0 Å². The molecule has 0 radical (unpaired) electrons. The van der Waals surface area contributed by atoms with Crippen LogP contribution in [0.15, 0.2) is 11.6 Å². The molecule has 0 amide bonds. The molecule has 2 heteroatoms. The summed E-state index contributed by atoms with van der Waals surface area (Å²) in [5.41, 5.74) is 2.06. The highest BCUT2D eigenvalue weighted by Gasteiger charge is 2.77. The van der Waals surface area contributed by atoms with E-state index in [-0.39, 0.29) is 10.8 Å². The minimum absolute atomic E-state index is 0.0363. The zero-order valence-corrected chi connectivity index (χ0v) is 16.8. The highest BCUT2D eigenvalue weighted by molar-refractivity contribution is 5.91. The number of allylic oxidation sites excluding steroid dienone is 1. The smallest absolute Gasteiger partial charge is 0.155 e. The lowest BCUT2D eigenvalue weighted by atomic mass is 9.45. The van der Waals surface area contributed by atoms with Crippen LogP contribution in [-0.2, 0) is 9.59 Å². The van der Waals surface area contributed by atoms with E-state index < -0.39 is 0 Å². The van der Waals surface area contributed by atoms with Gasteiger partial charge in [-0.25, -0.2) is 0 Å². The summed E-state index contributed by atoms with van der Waals surface area (Å²) in [5, 5.41) is 0. The Morgan fingerprint density at radius 2 is 1.96 bits per heavy atom. The van der Waals surface area contributed by atoms with Crippen molar-refractivity contribution in [3.63, 3.8) is 0 Å². The molecule has 0 saturated heterocycles. The van der Waals surface area contributed by atoms with Gasteiger partial charge in [0.1, 0.15) is 5.78 Å². The summed E-state index contributed by atoms with van der Waals surface area (Å²) in [7, 11) is 0. The zero-order chi connectivity index (χ0) is 18.3. The van der Waals surface area contributed by atoms with Gasteiger partial charge in [0.2, 0.25) is 0 Å². The Kier molecular flexibility index (Phi) is 3.52. The summed E-state index contributed by atoms with van der Waals surface area (Å²) < 4.78 is 0. The molecule has 5 aliphatic rings. The van der Waals surface area contributed by atoms with Gasteiger partial charge in [-0.1, -0.05) is 25.8 Å². The molecule has 0 aromatic rings. The van der Waals surface area contributed by atoms with Crippen molar-refractivity contribution in [2.75, 3.05) is 0 Å². The average molecular weight is 355 g/mol. The fraction of sp³-hybridized carbons (Fsp3) is 0.833. The van der Waals surface area contributed by atoms with Gasteiger partial charge in [-0.15, -0.1) is 0 Å². The topological polar surface area (TPSA) is 34.1 Å². The number of ketones is 2. The Hall–Kier alpha value is -0.920. The van der Waals surface area contributed by atoms with Crippen molar-refractivity contribution >= 4 is 11.6 Å². The van der Waals surface area contributed by atoms with Gasteiger partial charge in [0, 0.05) is 11.8 Å². The van der Waals surface area contributed by atoms with Gasteiger partial charge in [0.15, 0.2) is 5.78 Å². The largest absolute Gasteiger partial charge is 0.299 e. The van der Waals surface area contributed by atoms with E-state index in [0.717, 1.165) is 43.9 Å². The molecule has 0 N–H and O–H groups in total. The summed E-state index contributed by atoms with van der Waals surface area (Å²) in [6.45, 7) is 6.73. The summed E-state index contributed by atoms with van der Waals surface area (Å²) in [6, 6.07) is 0. The van der Waals surface area contributed by atoms with Gasteiger partial charge in [-0.2, -0.15) is 0 Å². The van der Waals surface area contributed by atoms with E-state index in [2.05, 4.69) is 13.8 Å². The van der Waals surface area contributed by atoms with Gasteiger partial charge in [-0.3, -0.25) is 9.59 Å². The van der Waals surface area contributed by atoms with Crippen molar-refractivity contribution in [2.45, 2.75) is 85.0 Å². The number of hydrogen-bond donors (Lipinski definition) is 0. The molecule has 1 unspecified atom stereocenters. The Morgan fingerprint density at radius 1 is 1.15 bits per heavy atom. The van der Waals surface area contributed by atoms with E-state index >= 15 is 0 Å². The zero-order valence-electron chi connectivity index (χ0n) is 16.8. The van der Waals surface area contributed by atoms with Crippen LogP contribution in [0.3, 0.4) is 0 Å². The summed E-state index contributed by atoms with van der Waals surface area (Å²) in [4.78, 5) is 25.0. The Balaban J connectivity index is 1.58. The molecule has 0 spiro atoms. The molecule has 0 aromatic heterocycles. The second-order valence-electron chi connectivity index (χ2n) is 10.5. The number of Topliss-reactive ketones (excluding diaryl/α,β-unsaturated/α-hetero) is 1. The van der Waals surface area contributed by atoms with E-state index in [4.69, 9.17) is 0 Å². The summed E-state index contributed by atoms with van der Waals surface area (Å²) in [5.74, 6) is 3.67. The first-order valence-corrected chi connectivity index (χ1v) is 11.1. The molecule has 0 heterocycles. The van der Waals surface area contributed by atoms with Crippen LogP contribution in [0.2, 0.25) is 0 Å². The second-order valence-corrected chi connectivity index (χ2v) is 10.5. The van der Waals surface area contributed by atoms with Crippen molar-refractivity contribution < 1.29 is 9.59 Å². The minimum atomic E-state index is -0.0363. The number of rotatable bonds is 2. The molecule has 2 bridgehead atoms. The van der Waals surface area contributed by atoms with Gasteiger partial charge < -0.3 is 0 Å². The van der Waals surface area contributed by atoms with Gasteiger partial charge >= 0.3 is 0 Å². The second kappa shape index (κ2) is 5.32. The summed E-state index contributed by atoms with van der Waals surface area (Å²) >= 11 is 0. The monoisotopic (exact) mass is 354 g/mol. The quantitative estimate of drug-likeness (QED) is 0.656. The van der Waals surface area contributed by atoms with Crippen LogP contribution in [0.4, 0.5) is 0 Å². The highest BCUT2D eigenvalue weighted by atomic mass is 16.1. The van der Waals surface area contributed by atoms with Crippen molar-refractivity contribution in [3.8, 4) is 0 Å². The first-order chi connectivity index (χ1) is 12.4. The number of carbonyl (C=O) groups is 2. The third-order valence-electron chi connectivity index (χ3n) is 10.5. The Labute approximate surface area is 158 Å². The van der Waals surface area contributed by atoms with Crippen LogP contribution in [0.25, 0.3) is 0 Å². The standard InChI is InChI=1S/C24H34O2/c1-4-17-14-23-11-12-24(17,15(2)25)22(23,3)10-9-20-19-7-6-18(26)13-16(19)5-8-21(20)23/h13,17,19-21H,4-12,14H2,1-3H3/t17-,19+,20-,21-,22+,23?,24+/m1/s1. The lowest BCUT2D eigenvalue weighted by molar-refractivity contribution is -0.142. The van der Waals surface area contributed by atoms with Crippen molar-refractivity contribution in [1.82, 2.24) is 0 Å². The van der Waals surface area contributed by atoms with Crippen LogP contribution in [0.5, 0.6) is 0 Å². The lowest BCUT2D eigenvalue weighted by Gasteiger charge is -2.59. The molecule has 0 aromatic carbocycles. The minimum Gasteiger partial charge on any atom is -0.299 e. The normalized spacial score (nSPS) is 52.1. The lowest BCUT2D eigenvalue weighted by Crippen LogP contribution is -2.54. The van der Waals surface area contributed by atoms with E-state index in [0.29, 0.717) is 28.8 Å².